The molecule has 0 aliphatic heterocycles. The van der Waals surface area contributed by atoms with Gasteiger partial charge in [0.1, 0.15) is 5.65 Å². The fourth-order valence-electron chi connectivity index (χ4n) is 3.31. The number of hydrogen-bond donors (Lipinski definition) is 2. The third-order valence-corrected chi connectivity index (χ3v) is 5.94. The average molecular weight is 431 g/mol. The molecular formula is C24H22N4O2S. The Balaban J connectivity index is 1.43. The van der Waals surface area contributed by atoms with Crippen molar-refractivity contribution in [2.24, 2.45) is 0 Å². The Bertz CT molecular complexity index is 1220. The number of fused-ring (bicyclic) bond motifs is 1. The SMILES string of the molecule is CNC(=O)c1c(C)cccc1NC(=O)c1ccc(SCc2cn3ccccc3n2)cc1. The van der Waals surface area contributed by atoms with Crippen molar-refractivity contribution in [3.63, 3.8) is 0 Å². The van der Waals surface area contributed by atoms with Gasteiger partial charge in [-0.15, -0.1) is 11.8 Å². The van der Waals surface area contributed by atoms with Crippen LogP contribution in [0.4, 0.5) is 5.69 Å². The first kappa shape index (κ1) is 20.7. The largest absolute Gasteiger partial charge is 0.355 e. The minimum absolute atomic E-state index is 0.230. The normalized spacial score (nSPS) is 10.8. The van der Waals surface area contributed by atoms with Gasteiger partial charge in [0.2, 0.25) is 0 Å². The summed E-state index contributed by atoms with van der Waals surface area (Å²) in [6.07, 6.45) is 4.00. The van der Waals surface area contributed by atoms with Gasteiger partial charge < -0.3 is 15.0 Å². The Morgan fingerprint density at radius 1 is 1.00 bits per heavy atom. The number of aryl methyl sites for hydroxylation is 1. The van der Waals surface area contributed by atoms with Crippen molar-refractivity contribution >= 4 is 34.9 Å². The molecule has 2 aromatic heterocycles. The van der Waals surface area contributed by atoms with Crippen molar-refractivity contribution in [1.82, 2.24) is 14.7 Å². The van der Waals surface area contributed by atoms with Crippen LogP contribution in [0.1, 0.15) is 32.0 Å². The van der Waals surface area contributed by atoms with Gasteiger partial charge in [-0.1, -0.05) is 18.2 Å². The molecule has 0 atom stereocenters. The molecule has 0 fully saturated rings. The Hall–Kier alpha value is -3.58. The summed E-state index contributed by atoms with van der Waals surface area (Å²) >= 11 is 1.66. The second-order valence-electron chi connectivity index (χ2n) is 7.04. The van der Waals surface area contributed by atoms with Gasteiger partial charge in [0.05, 0.1) is 16.9 Å². The number of thioether (sulfide) groups is 1. The van der Waals surface area contributed by atoms with Gasteiger partial charge in [-0.2, -0.15) is 0 Å². The minimum atomic E-state index is -0.257. The van der Waals surface area contributed by atoms with Crippen molar-refractivity contribution in [3.05, 3.63) is 95.4 Å². The average Bonchev–Trinajstić information content (AvgIpc) is 3.21. The molecule has 31 heavy (non-hydrogen) atoms. The first-order valence-electron chi connectivity index (χ1n) is 9.83. The number of rotatable bonds is 6. The zero-order chi connectivity index (χ0) is 21.8. The third kappa shape index (κ3) is 4.62. The van der Waals surface area contributed by atoms with E-state index in [-0.39, 0.29) is 11.8 Å². The van der Waals surface area contributed by atoms with Gasteiger partial charge >= 0.3 is 0 Å². The maximum Gasteiger partial charge on any atom is 0.255 e. The molecule has 6 nitrogen and oxygen atoms in total. The molecule has 4 aromatic rings. The summed E-state index contributed by atoms with van der Waals surface area (Å²) in [5.74, 6) is 0.256. The number of anilines is 1. The van der Waals surface area contributed by atoms with E-state index in [1.807, 2.05) is 66.2 Å². The lowest BCUT2D eigenvalue weighted by molar-refractivity contribution is 0.0963. The van der Waals surface area contributed by atoms with Crippen LogP contribution in [-0.4, -0.2) is 28.2 Å². The van der Waals surface area contributed by atoms with E-state index >= 15 is 0 Å². The monoisotopic (exact) mass is 430 g/mol. The molecule has 0 saturated heterocycles. The molecule has 4 rings (SSSR count). The highest BCUT2D eigenvalue weighted by molar-refractivity contribution is 7.98. The Kier molecular flexibility index (Phi) is 6.04. The van der Waals surface area contributed by atoms with Crippen molar-refractivity contribution in [3.8, 4) is 0 Å². The second kappa shape index (κ2) is 9.06. The van der Waals surface area contributed by atoms with Crippen molar-refractivity contribution in [2.45, 2.75) is 17.6 Å². The molecule has 0 aliphatic carbocycles. The van der Waals surface area contributed by atoms with Crippen LogP contribution >= 0.6 is 11.8 Å². The van der Waals surface area contributed by atoms with Crippen LogP contribution in [0.15, 0.2) is 78.0 Å². The second-order valence-corrected chi connectivity index (χ2v) is 8.09. The number of nitrogens with zero attached hydrogens (tertiary/aromatic N) is 2. The number of carbonyl (C=O) groups is 2. The predicted molar refractivity (Wildman–Crippen MR) is 124 cm³/mol. The predicted octanol–water partition coefficient (Wildman–Crippen LogP) is 4.55. The Morgan fingerprint density at radius 3 is 2.55 bits per heavy atom. The number of nitrogens with one attached hydrogen (secondary N) is 2. The van der Waals surface area contributed by atoms with E-state index < -0.39 is 0 Å². The molecule has 0 aliphatic rings. The summed E-state index contributed by atoms with van der Waals surface area (Å²) < 4.78 is 2.00. The summed E-state index contributed by atoms with van der Waals surface area (Å²) in [5.41, 5.74) is 4.22. The zero-order valence-electron chi connectivity index (χ0n) is 17.3. The van der Waals surface area contributed by atoms with Crippen LogP contribution in [0.2, 0.25) is 0 Å². The van der Waals surface area contributed by atoms with E-state index in [1.54, 1.807) is 37.0 Å². The van der Waals surface area contributed by atoms with Crippen LogP contribution in [0.5, 0.6) is 0 Å². The maximum atomic E-state index is 12.7. The standard InChI is InChI=1S/C24H22N4O2S/c1-16-6-5-7-20(22(16)24(30)25-2)27-23(29)17-9-11-19(12-10-17)31-15-18-14-28-13-4-3-8-21(28)26-18/h3-14H,15H2,1-2H3,(H,25,30)(H,27,29). The summed E-state index contributed by atoms with van der Waals surface area (Å²) in [7, 11) is 1.57. The third-order valence-electron chi connectivity index (χ3n) is 4.89. The van der Waals surface area contributed by atoms with Gasteiger partial charge in [-0.3, -0.25) is 9.59 Å². The topological polar surface area (TPSA) is 75.5 Å². The van der Waals surface area contributed by atoms with E-state index in [0.29, 0.717) is 16.8 Å². The van der Waals surface area contributed by atoms with Crippen LogP contribution < -0.4 is 10.6 Å². The number of amides is 2. The highest BCUT2D eigenvalue weighted by Crippen LogP contribution is 2.24. The van der Waals surface area contributed by atoms with Gasteiger partial charge in [0.25, 0.3) is 11.8 Å². The molecule has 2 aromatic carbocycles. The number of aromatic nitrogens is 2. The fourth-order valence-corrected chi connectivity index (χ4v) is 4.09. The van der Waals surface area contributed by atoms with Gasteiger partial charge in [0.15, 0.2) is 0 Å². The lowest BCUT2D eigenvalue weighted by atomic mass is 10.1. The van der Waals surface area contributed by atoms with E-state index in [9.17, 15) is 9.59 Å². The van der Waals surface area contributed by atoms with E-state index in [0.717, 1.165) is 27.6 Å². The molecule has 0 unspecified atom stereocenters. The Labute approximate surface area is 184 Å². The van der Waals surface area contributed by atoms with Crippen LogP contribution in [0.25, 0.3) is 5.65 Å². The van der Waals surface area contributed by atoms with Crippen LogP contribution in [-0.2, 0) is 5.75 Å². The smallest absolute Gasteiger partial charge is 0.255 e. The van der Waals surface area contributed by atoms with Gasteiger partial charge in [-0.25, -0.2) is 4.98 Å². The molecule has 0 radical (unpaired) electrons. The van der Waals surface area contributed by atoms with Crippen molar-refractivity contribution < 1.29 is 9.59 Å². The van der Waals surface area contributed by atoms with E-state index in [1.165, 1.54) is 0 Å². The molecule has 2 heterocycles. The van der Waals surface area contributed by atoms with Crippen molar-refractivity contribution in [1.29, 1.82) is 0 Å². The Morgan fingerprint density at radius 2 is 1.81 bits per heavy atom. The zero-order valence-corrected chi connectivity index (χ0v) is 18.1. The maximum absolute atomic E-state index is 12.7. The number of hydrogen-bond acceptors (Lipinski definition) is 4. The van der Waals surface area contributed by atoms with E-state index in [2.05, 4.69) is 15.6 Å². The van der Waals surface area contributed by atoms with Crippen LogP contribution in [0.3, 0.4) is 0 Å². The lowest BCUT2D eigenvalue weighted by Crippen LogP contribution is -2.22. The summed E-state index contributed by atoms with van der Waals surface area (Å²) in [4.78, 5) is 30.6. The molecule has 2 amide bonds. The first-order chi connectivity index (χ1) is 15.0. The van der Waals surface area contributed by atoms with E-state index in [4.69, 9.17) is 0 Å². The summed E-state index contributed by atoms with van der Waals surface area (Å²) in [5, 5.41) is 5.48. The molecule has 156 valence electrons. The number of imidazole rings is 1. The summed E-state index contributed by atoms with van der Waals surface area (Å²) in [6.45, 7) is 1.84. The molecule has 0 spiro atoms. The molecule has 7 heteroatoms. The van der Waals surface area contributed by atoms with Gasteiger partial charge in [0, 0.05) is 35.7 Å². The molecule has 0 saturated carbocycles. The quantitative estimate of drug-likeness (QED) is 0.440. The van der Waals surface area contributed by atoms with Crippen molar-refractivity contribution in [2.75, 3.05) is 12.4 Å². The highest BCUT2D eigenvalue weighted by atomic mass is 32.2. The van der Waals surface area contributed by atoms with Gasteiger partial charge in [-0.05, 0) is 55.0 Å². The fraction of sp³-hybridized carbons (Fsp3) is 0.125. The number of carbonyl (C=O) groups excluding carboxylic acids is 2. The molecule has 0 bridgehead atoms. The minimum Gasteiger partial charge on any atom is -0.355 e. The molecule has 2 N–H and O–H groups in total. The highest BCUT2D eigenvalue weighted by Gasteiger charge is 2.15. The number of pyridine rings is 1. The summed E-state index contributed by atoms with van der Waals surface area (Å²) in [6, 6.07) is 18.7. The molecular weight excluding hydrogens is 408 g/mol. The van der Waals surface area contributed by atoms with Crippen LogP contribution in [0, 0.1) is 6.92 Å². The number of benzene rings is 2. The first-order valence-corrected chi connectivity index (χ1v) is 10.8. The lowest BCUT2D eigenvalue weighted by Gasteiger charge is -2.13.